The SMILES string of the molecule is Cc1noc(C)c1CNCC1Cn2nnc(C)c2CO1.O=C(O)C(F)(F)F. The molecule has 0 fully saturated rings. The number of alkyl halides is 3. The minimum Gasteiger partial charge on any atom is -0.475 e. The molecule has 0 aliphatic carbocycles. The topological polar surface area (TPSA) is 115 Å². The van der Waals surface area contributed by atoms with Crippen molar-refractivity contribution in [3.8, 4) is 0 Å². The Bertz CT molecular complexity index is 767. The Hall–Kier alpha value is -2.47. The standard InChI is InChI=1S/C13H19N5O2.C2HF3O2/c1-8-12(10(3)20-16-8)5-14-4-11-6-18-13(7-19-11)9(2)15-17-18;3-2(4,5)1(6)7/h11,14H,4-7H2,1-3H3;(H,6,7). The van der Waals surface area contributed by atoms with Crippen LogP contribution in [-0.4, -0.2) is 50.1 Å². The zero-order valence-electron chi connectivity index (χ0n) is 15.0. The van der Waals surface area contributed by atoms with Gasteiger partial charge in [0.2, 0.25) is 0 Å². The van der Waals surface area contributed by atoms with Gasteiger partial charge in [0.1, 0.15) is 5.76 Å². The Labute approximate surface area is 152 Å². The highest BCUT2D eigenvalue weighted by atomic mass is 19.4. The lowest BCUT2D eigenvalue weighted by molar-refractivity contribution is -0.192. The fourth-order valence-electron chi connectivity index (χ4n) is 2.42. The molecule has 0 saturated heterocycles. The van der Waals surface area contributed by atoms with Gasteiger partial charge in [-0.2, -0.15) is 13.2 Å². The van der Waals surface area contributed by atoms with Crippen molar-refractivity contribution in [3.05, 3.63) is 28.4 Å². The van der Waals surface area contributed by atoms with Crippen molar-refractivity contribution in [2.45, 2.75) is 52.7 Å². The first-order valence-corrected chi connectivity index (χ1v) is 8.02. The van der Waals surface area contributed by atoms with Gasteiger partial charge in [0.25, 0.3) is 0 Å². The first-order chi connectivity index (χ1) is 12.6. The summed E-state index contributed by atoms with van der Waals surface area (Å²) in [4.78, 5) is 8.90. The van der Waals surface area contributed by atoms with Gasteiger partial charge in [-0.25, -0.2) is 9.48 Å². The fraction of sp³-hybridized carbons (Fsp3) is 0.600. The smallest absolute Gasteiger partial charge is 0.475 e. The highest BCUT2D eigenvalue weighted by Crippen LogP contribution is 2.15. The maximum absolute atomic E-state index is 10.6. The molecule has 0 bridgehead atoms. The number of rotatable bonds is 4. The second-order valence-electron chi connectivity index (χ2n) is 5.97. The molecule has 1 aliphatic heterocycles. The van der Waals surface area contributed by atoms with E-state index in [-0.39, 0.29) is 6.10 Å². The molecule has 1 unspecified atom stereocenters. The summed E-state index contributed by atoms with van der Waals surface area (Å²) in [5.41, 5.74) is 4.09. The molecule has 3 rings (SSSR count). The Balaban J connectivity index is 0.000000321. The van der Waals surface area contributed by atoms with Crippen LogP contribution in [0.5, 0.6) is 0 Å². The largest absolute Gasteiger partial charge is 0.490 e. The summed E-state index contributed by atoms with van der Waals surface area (Å²) >= 11 is 0. The lowest BCUT2D eigenvalue weighted by atomic mass is 10.2. The van der Waals surface area contributed by atoms with Crippen LogP contribution in [0.3, 0.4) is 0 Å². The Morgan fingerprint density at radius 2 is 2.00 bits per heavy atom. The molecule has 9 nitrogen and oxygen atoms in total. The van der Waals surface area contributed by atoms with Crippen LogP contribution in [0.2, 0.25) is 0 Å². The van der Waals surface area contributed by atoms with Crippen molar-refractivity contribution in [2.75, 3.05) is 6.54 Å². The zero-order chi connectivity index (χ0) is 20.2. The van der Waals surface area contributed by atoms with Gasteiger partial charge in [0.05, 0.1) is 36.3 Å². The summed E-state index contributed by atoms with van der Waals surface area (Å²) in [6.45, 7) is 8.67. The Morgan fingerprint density at radius 1 is 1.33 bits per heavy atom. The van der Waals surface area contributed by atoms with E-state index in [0.717, 1.165) is 48.0 Å². The van der Waals surface area contributed by atoms with Gasteiger partial charge in [0, 0.05) is 18.7 Å². The number of ether oxygens (including phenoxy) is 1. The van der Waals surface area contributed by atoms with Crippen molar-refractivity contribution in [1.29, 1.82) is 0 Å². The van der Waals surface area contributed by atoms with E-state index in [9.17, 15) is 13.2 Å². The fourth-order valence-corrected chi connectivity index (χ4v) is 2.42. The molecule has 0 saturated carbocycles. The number of carboxylic acid groups (broad SMARTS) is 1. The average molecular weight is 391 g/mol. The first-order valence-electron chi connectivity index (χ1n) is 8.02. The van der Waals surface area contributed by atoms with Gasteiger partial charge >= 0.3 is 12.1 Å². The van der Waals surface area contributed by atoms with E-state index >= 15 is 0 Å². The van der Waals surface area contributed by atoms with Gasteiger partial charge in [-0.1, -0.05) is 10.4 Å². The molecule has 2 N–H and O–H groups in total. The van der Waals surface area contributed by atoms with Gasteiger partial charge in [0.15, 0.2) is 0 Å². The number of aliphatic carboxylic acids is 1. The summed E-state index contributed by atoms with van der Waals surface area (Å²) in [6, 6.07) is 0. The van der Waals surface area contributed by atoms with E-state index in [1.54, 1.807) is 0 Å². The lowest BCUT2D eigenvalue weighted by Gasteiger charge is -2.24. The van der Waals surface area contributed by atoms with Crippen LogP contribution < -0.4 is 5.32 Å². The lowest BCUT2D eigenvalue weighted by Crippen LogP contribution is -2.36. The number of carboxylic acids is 1. The quantitative estimate of drug-likeness (QED) is 0.806. The van der Waals surface area contributed by atoms with Crippen molar-refractivity contribution >= 4 is 5.97 Å². The molecule has 3 heterocycles. The van der Waals surface area contributed by atoms with Crippen LogP contribution in [0.4, 0.5) is 13.2 Å². The molecule has 2 aromatic rings. The highest BCUT2D eigenvalue weighted by Gasteiger charge is 2.38. The zero-order valence-corrected chi connectivity index (χ0v) is 15.0. The average Bonchev–Trinajstić information content (AvgIpc) is 3.11. The van der Waals surface area contributed by atoms with Crippen LogP contribution in [0.1, 0.15) is 28.4 Å². The van der Waals surface area contributed by atoms with E-state index in [4.69, 9.17) is 19.2 Å². The third-order valence-electron chi connectivity index (χ3n) is 3.96. The van der Waals surface area contributed by atoms with Crippen molar-refractivity contribution < 1.29 is 32.3 Å². The maximum atomic E-state index is 10.6. The molecule has 12 heteroatoms. The van der Waals surface area contributed by atoms with Gasteiger partial charge < -0.3 is 19.7 Å². The Morgan fingerprint density at radius 3 is 2.56 bits per heavy atom. The predicted octanol–water partition coefficient (Wildman–Crippen LogP) is 1.51. The molecular formula is C15H20F3N5O4. The molecule has 150 valence electrons. The van der Waals surface area contributed by atoms with E-state index in [0.29, 0.717) is 6.61 Å². The maximum Gasteiger partial charge on any atom is 0.490 e. The molecule has 0 amide bonds. The molecule has 1 aliphatic rings. The number of aryl methyl sites for hydroxylation is 3. The number of halogens is 3. The molecule has 27 heavy (non-hydrogen) atoms. The molecular weight excluding hydrogens is 371 g/mol. The summed E-state index contributed by atoms with van der Waals surface area (Å²) in [5, 5.41) is 22.7. The second-order valence-corrected chi connectivity index (χ2v) is 5.97. The number of carbonyl (C=O) groups is 1. The second kappa shape index (κ2) is 8.48. The van der Waals surface area contributed by atoms with Gasteiger partial charge in [-0.3, -0.25) is 0 Å². The first kappa shape index (κ1) is 20.8. The molecule has 2 aromatic heterocycles. The highest BCUT2D eigenvalue weighted by molar-refractivity contribution is 5.73. The number of aromatic nitrogens is 4. The van der Waals surface area contributed by atoms with E-state index in [2.05, 4.69) is 20.8 Å². The summed E-state index contributed by atoms with van der Waals surface area (Å²) in [7, 11) is 0. The normalized spacial score (nSPS) is 16.4. The summed E-state index contributed by atoms with van der Waals surface area (Å²) < 4.78 is 44.6. The van der Waals surface area contributed by atoms with Gasteiger partial charge in [-0.05, 0) is 20.8 Å². The van der Waals surface area contributed by atoms with E-state index in [1.807, 2.05) is 25.5 Å². The van der Waals surface area contributed by atoms with Crippen LogP contribution in [0.25, 0.3) is 0 Å². The molecule has 0 aromatic carbocycles. The number of hydrogen-bond acceptors (Lipinski definition) is 7. The summed E-state index contributed by atoms with van der Waals surface area (Å²) in [5.74, 6) is -1.89. The molecule has 1 atom stereocenters. The van der Waals surface area contributed by atoms with Crippen molar-refractivity contribution in [3.63, 3.8) is 0 Å². The van der Waals surface area contributed by atoms with Crippen LogP contribution in [0.15, 0.2) is 4.52 Å². The number of nitrogens with zero attached hydrogens (tertiary/aromatic N) is 4. The number of nitrogens with one attached hydrogen (secondary N) is 1. The number of hydrogen-bond donors (Lipinski definition) is 2. The third kappa shape index (κ3) is 5.50. The van der Waals surface area contributed by atoms with Crippen molar-refractivity contribution in [1.82, 2.24) is 25.5 Å². The van der Waals surface area contributed by atoms with E-state index < -0.39 is 12.1 Å². The molecule has 0 radical (unpaired) electrons. The Kier molecular flexibility index (Phi) is 6.54. The monoisotopic (exact) mass is 391 g/mol. The predicted molar refractivity (Wildman–Crippen MR) is 84.7 cm³/mol. The van der Waals surface area contributed by atoms with Crippen molar-refractivity contribution in [2.24, 2.45) is 0 Å². The van der Waals surface area contributed by atoms with Crippen LogP contribution >= 0.6 is 0 Å². The minimum atomic E-state index is -5.08. The van der Waals surface area contributed by atoms with E-state index in [1.165, 1.54) is 0 Å². The third-order valence-corrected chi connectivity index (χ3v) is 3.96. The summed E-state index contributed by atoms with van der Waals surface area (Å²) in [6.07, 6.45) is -4.97. The van der Waals surface area contributed by atoms with Crippen LogP contribution in [0, 0.1) is 20.8 Å². The minimum absolute atomic E-state index is 0.115. The van der Waals surface area contributed by atoms with Gasteiger partial charge in [-0.15, -0.1) is 5.10 Å². The number of fused-ring (bicyclic) bond motifs is 1. The van der Waals surface area contributed by atoms with Crippen LogP contribution in [-0.2, 0) is 29.2 Å². The molecule has 0 spiro atoms.